The summed E-state index contributed by atoms with van der Waals surface area (Å²) in [6, 6.07) is 9.49. The fraction of sp³-hybridized carbons (Fsp3) is 0.350. The molecule has 2 heterocycles. The first-order valence-electron chi connectivity index (χ1n) is 8.79. The molecule has 0 aliphatic carbocycles. The first-order chi connectivity index (χ1) is 12.6. The fourth-order valence-electron chi connectivity index (χ4n) is 3.15. The molecule has 1 aliphatic heterocycles. The number of hydrogen-bond donors (Lipinski definition) is 1. The van der Waals surface area contributed by atoms with E-state index in [0.29, 0.717) is 17.8 Å². The van der Waals surface area contributed by atoms with Crippen LogP contribution in [-0.2, 0) is 13.0 Å². The summed E-state index contributed by atoms with van der Waals surface area (Å²) in [6.07, 6.45) is 4.04. The maximum absolute atomic E-state index is 11.6. The normalized spacial score (nSPS) is 15.5. The molecule has 136 valence electrons. The molecule has 6 nitrogen and oxygen atoms in total. The highest BCUT2D eigenvalue weighted by Crippen LogP contribution is 2.27. The third-order valence-electron chi connectivity index (χ3n) is 4.53. The number of hydrogen-bond acceptors (Lipinski definition) is 4. The van der Waals surface area contributed by atoms with Crippen molar-refractivity contribution in [2.45, 2.75) is 32.7 Å². The van der Waals surface area contributed by atoms with Crippen LogP contribution >= 0.6 is 0 Å². The zero-order chi connectivity index (χ0) is 18.5. The number of aromatic nitrogens is 1. The smallest absolute Gasteiger partial charge is 0.338 e. The first-order valence-corrected chi connectivity index (χ1v) is 8.79. The number of ether oxygens (including phenoxy) is 1. The van der Waals surface area contributed by atoms with Gasteiger partial charge in [-0.2, -0.15) is 0 Å². The monoisotopic (exact) mass is 353 g/mol. The van der Waals surface area contributed by atoms with Gasteiger partial charge in [-0.25, -0.2) is 9.79 Å². The van der Waals surface area contributed by atoms with E-state index in [4.69, 9.17) is 9.73 Å². The zero-order valence-electron chi connectivity index (χ0n) is 15.1. The van der Waals surface area contributed by atoms with Gasteiger partial charge in [-0.3, -0.25) is 4.98 Å². The number of aromatic carboxylic acids is 1. The second kappa shape index (κ2) is 7.99. The van der Waals surface area contributed by atoms with E-state index in [9.17, 15) is 9.90 Å². The lowest BCUT2D eigenvalue weighted by molar-refractivity contribution is 0.0697. The number of carbonyl (C=O) groups is 1. The van der Waals surface area contributed by atoms with Crippen molar-refractivity contribution in [3.63, 3.8) is 0 Å². The van der Waals surface area contributed by atoms with Crippen LogP contribution in [0.25, 0.3) is 0 Å². The Labute approximate surface area is 153 Å². The second-order valence-corrected chi connectivity index (χ2v) is 6.21. The van der Waals surface area contributed by atoms with E-state index >= 15 is 0 Å². The summed E-state index contributed by atoms with van der Waals surface area (Å²) >= 11 is 0. The van der Waals surface area contributed by atoms with Gasteiger partial charge in [0.25, 0.3) is 0 Å². The average Bonchev–Trinajstić information content (AvgIpc) is 3.09. The number of carboxylic acid groups (broad SMARTS) is 1. The summed E-state index contributed by atoms with van der Waals surface area (Å²) in [7, 11) is 1.65. The van der Waals surface area contributed by atoms with Gasteiger partial charge in [-0.1, -0.05) is 19.1 Å². The second-order valence-electron chi connectivity index (χ2n) is 6.21. The number of benzene rings is 1. The highest BCUT2D eigenvalue weighted by atomic mass is 16.5. The number of likely N-dealkylation sites (tertiary alicyclic amines) is 1. The van der Waals surface area contributed by atoms with E-state index in [2.05, 4.69) is 9.88 Å². The fourth-order valence-corrected chi connectivity index (χ4v) is 3.15. The molecule has 0 amide bonds. The third-order valence-corrected chi connectivity index (χ3v) is 4.53. The Kier molecular flexibility index (Phi) is 5.51. The average molecular weight is 353 g/mol. The molecule has 1 saturated heterocycles. The van der Waals surface area contributed by atoms with Gasteiger partial charge in [0.05, 0.1) is 18.4 Å². The zero-order valence-corrected chi connectivity index (χ0v) is 15.1. The van der Waals surface area contributed by atoms with Crippen molar-refractivity contribution >= 4 is 17.5 Å². The molecule has 0 atom stereocenters. The van der Waals surface area contributed by atoms with Crippen LogP contribution < -0.4 is 4.74 Å². The molecule has 1 N–H and O–H groups in total. The predicted octanol–water partition coefficient (Wildman–Crippen LogP) is 3.68. The van der Waals surface area contributed by atoms with Crippen LogP contribution in [0.3, 0.4) is 0 Å². The molecular formula is C20H23N3O3. The van der Waals surface area contributed by atoms with Crippen LogP contribution in [0.2, 0.25) is 0 Å². The summed E-state index contributed by atoms with van der Waals surface area (Å²) in [5, 5.41) is 9.49. The van der Waals surface area contributed by atoms with Crippen LogP contribution in [0.15, 0.2) is 41.5 Å². The number of aryl methyl sites for hydroxylation is 1. The molecule has 1 aromatic carbocycles. The van der Waals surface area contributed by atoms with E-state index in [1.807, 2.05) is 31.2 Å². The van der Waals surface area contributed by atoms with Crippen LogP contribution in [0.4, 0.5) is 5.69 Å². The standard InChI is InChI=1S/C20H23N3O3/c1-3-17-19(16(20(24)25)10-11-21-17)22-18-5-4-12-23(18)13-14-6-8-15(26-2)9-7-14/h6-11H,3-5,12-13H2,1-2H3,(H,24,25)/b22-18+. The Morgan fingerprint density at radius 3 is 2.73 bits per heavy atom. The summed E-state index contributed by atoms with van der Waals surface area (Å²) in [5.74, 6) is 0.783. The maximum atomic E-state index is 11.6. The first kappa shape index (κ1) is 17.9. The van der Waals surface area contributed by atoms with Gasteiger partial charge in [-0.15, -0.1) is 0 Å². The topological polar surface area (TPSA) is 75.0 Å². The van der Waals surface area contributed by atoms with Crippen LogP contribution in [0, 0.1) is 0 Å². The van der Waals surface area contributed by atoms with E-state index in [1.54, 1.807) is 7.11 Å². The predicted molar refractivity (Wildman–Crippen MR) is 100 cm³/mol. The van der Waals surface area contributed by atoms with Crippen LogP contribution in [0.1, 0.15) is 41.4 Å². The van der Waals surface area contributed by atoms with E-state index in [1.165, 1.54) is 17.8 Å². The number of nitrogens with zero attached hydrogens (tertiary/aromatic N) is 3. The summed E-state index contributed by atoms with van der Waals surface area (Å²) < 4.78 is 5.20. The van der Waals surface area contributed by atoms with Crippen molar-refractivity contribution in [1.29, 1.82) is 0 Å². The van der Waals surface area contributed by atoms with E-state index in [0.717, 1.165) is 37.5 Å². The van der Waals surface area contributed by atoms with Gasteiger partial charge in [0.2, 0.25) is 0 Å². The Balaban J connectivity index is 1.89. The molecule has 0 unspecified atom stereocenters. The summed E-state index contributed by atoms with van der Waals surface area (Å²) in [4.78, 5) is 22.8. The van der Waals surface area contributed by atoms with Crippen molar-refractivity contribution in [3.8, 4) is 5.75 Å². The van der Waals surface area contributed by atoms with Gasteiger partial charge < -0.3 is 14.7 Å². The van der Waals surface area contributed by atoms with E-state index < -0.39 is 5.97 Å². The summed E-state index contributed by atoms with van der Waals surface area (Å²) in [6.45, 7) is 3.61. The minimum Gasteiger partial charge on any atom is -0.497 e. The van der Waals surface area contributed by atoms with Crippen molar-refractivity contribution in [1.82, 2.24) is 9.88 Å². The lowest BCUT2D eigenvalue weighted by Crippen LogP contribution is -2.24. The number of aliphatic imine (C=N–C) groups is 1. The Bertz CT molecular complexity index is 816. The van der Waals surface area contributed by atoms with Gasteiger partial charge in [-0.05, 0) is 36.6 Å². The molecule has 0 bridgehead atoms. The number of pyridine rings is 1. The molecule has 6 heteroatoms. The van der Waals surface area contributed by atoms with Crippen LogP contribution in [-0.4, -0.2) is 40.4 Å². The number of rotatable bonds is 6. The molecule has 1 aliphatic rings. The van der Waals surface area contributed by atoms with Gasteiger partial charge in [0, 0.05) is 25.7 Å². The largest absolute Gasteiger partial charge is 0.497 e. The molecule has 0 spiro atoms. The lowest BCUT2D eigenvalue weighted by Gasteiger charge is -2.20. The minimum absolute atomic E-state index is 0.209. The number of amidine groups is 1. The summed E-state index contributed by atoms with van der Waals surface area (Å²) in [5.41, 5.74) is 2.58. The quantitative estimate of drug-likeness (QED) is 0.857. The Morgan fingerprint density at radius 1 is 1.31 bits per heavy atom. The SMILES string of the molecule is CCc1nccc(C(=O)O)c1/N=C1\CCCN1Cc1ccc(OC)cc1. The molecule has 1 aromatic heterocycles. The molecule has 1 fully saturated rings. The number of methoxy groups -OCH3 is 1. The van der Waals surface area contributed by atoms with Crippen molar-refractivity contribution in [2.75, 3.05) is 13.7 Å². The van der Waals surface area contributed by atoms with Gasteiger partial charge >= 0.3 is 5.97 Å². The maximum Gasteiger partial charge on any atom is 0.338 e. The Morgan fingerprint density at radius 2 is 2.08 bits per heavy atom. The molecule has 26 heavy (non-hydrogen) atoms. The third kappa shape index (κ3) is 3.85. The van der Waals surface area contributed by atoms with Crippen molar-refractivity contribution < 1.29 is 14.6 Å². The van der Waals surface area contributed by atoms with Crippen LogP contribution in [0.5, 0.6) is 5.75 Å². The molecule has 0 radical (unpaired) electrons. The molecular weight excluding hydrogens is 330 g/mol. The Hall–Kier alpha value is -2.89. The van der Waals surface area contributed by atoms with Gasteiger partial charge in [0.1, 0.15) is 17.3 Å². The van der Waals surface area contributed by atoms with Crippen molar-refractivity contribution in [2.24, 2.45) is 4.99 Å². The van der Waals surface area contributed by atoms with Gasteiger partial charge in [0.15, 0.2) is 0 Å². The lowest BCUT2D eigenvalue weighted by atomic mass is 10.1. The highest BCUT2D eigenvalue weighted by molar-refractivity contribution is 5.96. The molecule has 3 rings (SSSR count). The minimum atomic E-state index is -0.971. The molecule has 0 saturated carbocycles. The van der Waals surface area contributed by atoms with E-state index in [-0.39, 0.29) is 5.56 Å². The number of carboxylic acids is 1. The molecule has 2 aromatic rings. The van der Waals surface area contributed by atoms with Crippen molar-refractivity contribution in [3.05, 3.63) is 53.3 Å². The highest BCUT2D eigenvalue weighted by Gasteiger charge is 2.21.